The summed E-state index contributed by atoms with van der Waals surface area (Å²) in [5, 5.41) is 11.1. The lowest BCUT2D eigenvalue weighted by Gasteiger charge is -2.05. The number of hydrogen-bond acceptors (Lipinski definition) is 4. The fourth-order valence-corrected chi connectivity index (χ4v) is 1.32. The lowest BCUT2D eigenvalue weighted by Crippen LogP contribution is -2.08. The van der Waals surface area contributed by atoms with Crippen LogP contribution in [0.2, 0.25) is 0 Å². The van der Waals surface area contributed by atoms with E-state index in [4.69, 9.17) is 0 Å². The van der Waals surface area contributed by atoms with E-state index in [1.165, 1.54) is 0 Å². The molecule has 2 rings (SSSR count). The molecule has 0 fully saturated rings. The summed E-state index contributed by atoms with van der Waals surface area (Å²) in [6, 6.07) is 5.76. The first-order chi connectivity index (χ1) is 7.40. The highest BCUT2D eigenvalue weighted by molar-refractivity contribution is 5.33. The topological polar surface area (TPSA) is 55.6 Å². The molecule has 0 bridgehead atoms. The number of nitrogens with one attached hydrogen (secondary N) is 1. The SMILES string of the molecule is CCn1cnnc1CNc1ccccn1. The minimum atomic E-state index is 0.644. The third-order valence-electron chi connectivity index (χ3n) is 2.13. The number of rotatable bonds is 4. The van der Waals surface area contributed by atoms with E-state index in [0.717, 1.165) is 18.2 Å². The molecule has 0 unspecified atom stereocenters. The maximum atomic E-state index is 4.17. The summed E-state index contributed by atoms with van der Waals surface area (Å²) in [5.41, 5.74) is 0. The van der Waals surface area contributed by atoms with E-state index in [0.29, 0.717) is 6.54 Å². The van der Waals surface area contributed by atoms with Crippen LogP contribution in [0.4, 0.5) is 5.82 Å². The van der Waals surface area contributed by atoms with Crippen molar-refractivity contribution >= 4 is 5.82 Å². The zero-order valence-electron chi connectivity index (χ0n) is 8.59. The van der Waals surface area contributed by atoms with Crippen molar-refractivity contribution in [2.24, 2.45) is 0 Å². The lowest BCUT2D eigenvalue weighted by atomic mass is 10.4. The third-order valence-corrected chi connectivity index (χ3v) is 2.13. The van der Waals surface area contributed by atoms with Gasteiger partial charge in [0.15, 0.2) is 5.82 Å². The number of hydrogen-bond donors (Lipinski definition) is 1. The van der Waals surface area contributed by atoms with Crippen LogP contribution >= 0.6 is 0 Å². The Kier molecular flexibility index (Phi) is 2.92. The maximum Gasteiger partial charge on any atom is 0.152 e. The van der Waals surface area contributed by atoms with Crippen LogP contribution in [0, 0.1) is 0 Å². The second-order valence-corrected chi connectivity index (χ2v) is 3.10. The fraction of sp³-hybridized carbons (Fsp3) is 0.300. The fourth-order valence-electron chi connectivity index (χ4n) is 1.32. The van der Waals surface area contributed by atoms with Gasteiger partial charge in [0.05, 0.1) is 6.54 Å². The van der Waals surface area contributed by atoms with E-state index in [2.05, 4.69) is 27.4 Å². The quantitative estimate of drug-likeness (QED) is 0.813. The zero-order chi connectivity index (χ0) is 10.5. The Morgan fingerprint density at radius 1 is 1.40 bits per heavy atom. The Bertz CT molecular complexity index is 409. The first-order valence-corrected chi connectivity index (χ1v) is 4.91. The predicted octanol–water partition coefficient (Wildman–Crippen LogP) is 1.31. The number of aromatic nitrogens is 4. The molecule has 0 saturated heterocycles. The Morgan fingerprint density at radius 2 is 2.33 bits per heavy atom. The molecule has 0 spiro atoms. The maximum absolute atomic E-state index is 4.17. The average Bonchev–Trinajstić information content (AvgIpc) is 2.75. The standard InChI is InChI=1S/C10H13N5/c1-2-15-8-13-14-10(15)7-12-9-5-3-4-6-11-9/h3-6,8H,2,7H2,1H3,(H,11,12). The van der Waals surface area contributed by atoms with Crippen molar-refractivity contribution in [1.29, 1.82) is 0 Å². The van der Waals surface area contributed by atoms with Gasteiger partial charge in [-0.15, -0.1) is 10.2 Å². The number of pyridine rings is 1. The van der Waals surface area contributed by atoms with Crippen molar-refractivity contribution < 1.29 is 0 Å². The molecule has 0 atom stereocenters. The van der Waals surface area contributed by atoms with Crippen LogP contribution in [0.3, 0.4) is 0 Å². The van der Waals surface area contributed by atoms with E-state index in [-0.39, 0.29) is 0 Å². The zero-order valence-corrected chi connectivity index (χ0v) is 8.59. The first kappa shape index (κ1) is 9.64. The average molecular weight is 203 g/mol. The van der Waals surface area contributed by atoms with Crippen molar-refractivity contribution in [1.82, 2.24) is 19.7 Å². The smallest absolute Gasteiger partial charge is 0.152 e. The summed E-state index contributed by atoms with van der Waals surface area (Å²) in [6.45, 7) is 3.59. The van der Waals surface area contributed by atoms with Gasteiger partial charge in [-0.2, -0.15) is 0 Å². The molecule has 15 heavy (non-hydrogen) atoms. The number of anilines is 1. The molecule has 2 aromatic heterocycles. The van der Waals surface area contributed by atoms with Crippen LogP contribution in [-0.4, -0.2) is 19.7 Å². The van der Waals surface area contributed by atoms with Crippen LogP contribution in [0.25, 0.3) is 0 Å². The van der Waals surface area contributed by atoms with Gasteiger partial charge in [0.2, 0.25) is 0 Å². The van der Waals surface area contributed by atoms with E-state index in [9.17, 15) is 0 Å². The Labute approximate surface area is 88.2 Å². The van der Waals surface area contributed by atoms with Gasteiger partial charge in [0.1, 0.15) is 12.1 Å². The molecule has 0 aromatic carbocycles. The molecule has 2 aromatic rings. The van der Waals surface area contributed by atoms with Crippen molar-refractivity contribution in [3.63, 3.8) is 0 Å². The summed E-state index contributed by atoms with van der Waals surface area (Å²) in [5.74, 6) is 1.77. The van der Waals surface area contributed by atoms with Crippen LogP contribution in [0.15, 0.2) is 30.7 Å². The number of nitrogens with zero attached hydrogens (tertiary/aromatic N) is 4. The molecule has 0 saturated carbocycles. The van der Waals surface area contributed by atoms with Gasteiger partial charge in [-0.25, -0.2) is 4.98 Å². The van der Waals surface area contributed by atoms with Crippen molar-refractivity contribution in [3.05, 3.63) is 36.5 Å². The normalized spacial score (nSPS) is 10.2. The van der Waals surface area contributed by atoms with Crippen molar-refractivity contribution in [2.45, 2.75) is 20.0 Å². The molecule has 1 N–H and O–H groups in total. The first-order valence-electron chi connectivity index (χ1n) is 4.91. The molecule has 0 radical (unpaired) electrons. The van der Waals surface area contributed by atoms with E-state index < -0.39 is 0 Å². The monoisotopic (exact) mass is 203 g/mol. The third kappa shape index (κ3) is 2.31. The Morgan fingerprint density at radius 3 is 3.07 bits per heavy atom. The Balaban J connectivity index is 1.99. The highest BCUT2D eigenvalue weighted by Gasteiger charge is 2.01. The van der Waals surface area contributed by atoms with Crippen LogP contribution in [0.1, 0.15) is 12.7 Å². The molecular formula is C10H13N5. The molecular weight excluding hydrogens is 190 g/mol. The lowest BCUT2D eigenvalue weighted by molar-refractivity contribution is 0.707. The van der Waals surface area contributed by atoms with Crippen LogP contribution in [0.5, 0.6) is 0 Å². The highest BCUT2D eigenvalue weighted by Crippen LogP contribution is 2.03. The van der Waals surface area contributed by atoms with E-state index in [1.54, 1.807) is 12.5 Å². The summed E-state index contributed by atoms with van der Waals surface area (Å²) < 4.78 is 2.00. The van der Waals surface area contributed by atoms with E-state index in [1.807, 2.05) is 22.8 Å². The van der Waals surface area contributed by atoms with Gasteiger partial charge in [-0.3, -0.25) is 0 Å². The Hall–Kier alpha value is -1.91. The predicted molar refractivity (Wildman–Crippen MR) is 57.3 cm³/mol. The van der Waals surface area contributed by atoms with Gasteiger partial charge >= 0.3 is 0 Å². The molecule has 2 heterocycles. The molecule has 5 nitrogen and oxygen atoms in total. The van der Waals surface area contributed by atoms with Crippen molar-refractivity contribution in [2.75, 3.05) is 5.32 Å². The van der Waals surface area contributed by atoms with Gasteiger partial charge in [-0.05, 0) is 19.1 Å². The van der Waals surface area contributed by atoms with Crippen LogP contribution < -0.4 is 5.32 Å². The summed E-state index contributed by atoms with van der Waals surface area (Å²) in [6.07, 6.45) is 3.49. The second-order valence-electron chi connectivity index (χ2n) is 3.10. The second kappa shape index (κ2) is 4.54. The van der Waals surface area contributed by atoms with Gasteiger partial charge in [0, 0.05) is 12.7 Å². The highest BCUT2D eigenvalue weighted by atomic mass is 15.3. The molecule has 5 heteroatoms. The summed E-state index contributed by atoms with van der Waals surface area (Å²) in [7, 11) is 0. The van der Waals surface area contributed by atoms with E-state index >= 15 is 0 Å². The molecule has 0 aliphatic heterocycles. The van der Waals surface area contributed by atoms with Gasteiger partial charge in [-0.1, -0.05) is 6.07 Å². The minimum Gasteiger partial charge on any atom is -0.363 e. The molecule has 0 amide bonds. The van der Waals surface area contributed by atoms with Crippen LogP contribution in [-0.2, 0) is 13.1 Å². The summed E-state index contributed by atoms with van der Waals surface area (Å²) >= 11 is 0. The van der Waals surface area contributed by atoms with Gasteiger partial charge in [0.25, 0.3) is 0 Å². The minimum absolute atomic E-state index is 0.644. The molecule has 0 aliphatic carbocycles. The van der Waals surface area contributed by atoms with Gasteiger partial charge < -0.3 is 9.88 Å². The largest absolute Gasteiger partial charge is 0.363 e. The van der Waals surface area contributed by atoms with Crippen molar-refractivity contribution in [3.8, 4) is 0 Å². The summed E-state index contributed by atoms with van der Waals surface area (Å²) in [4.78, 5) is 4.17. The number of aryl methyl sites for hydroxylation is 1. The molecule has 0 aliphatic rings. The molecule has 78 valence electrons.